The summed E-state index contributed by atoms with van der Waals surface area (Å²) in [7, 11) is -3.80. The summed E-state index contributed by atoms with van der Waals surface area (Å²) in [4.78, 5) is 29.1. The minimum atomic E-state index is -3.80. The number of aryl methyl sites for hydroxylation is 1. The Labute approximate surface area is 197 Å². The Morgan fingerprint density at radius 3 is 2.47 bits per heavy atom. The van der Waals surface area contributed by atoms with E-state index in [1.165, 1.54) is 12.1 Å². The maximum atomic E-state index is 13.4. The third-order valence-corrected chi connectivity index (χ3v) is 8.35. The van der Waals surface area contributed by atoms with Gasteiger partial charge in [-0.15, -0.1) is 0 Å². The summed E-state index contributed by atoms with van der Waals surface area (Å²) in [6, 6.07) is 6.08. The van der Waals surface area contributed by atoms with E-state index < -0.39 is 26.8 Å². The minimum Gasteiger partial charge on any atom is -0.359 e. The van der Waals surface area contributed by atoms with E-state index in [2.05, 4.69) is 14.8 Å². The fraction of sp³-hybridized carbons (Fsp3) is 0.522. The van der Waals surface area contributed by atoms with Crippen molar-refractivity contribution in [3.63, 3.8) is 0 Å². The quantitative estimate of drug-likeness (QED) is 0.510. The zero-order valence-electron chi connectivity index (χ0n) is 19.4. The van der Waals surface area contributed by atoms with Gasteiger partial charge in [-0.05, 0) is 70.8 Å². The van der Waals surface area contributed by atoms with Gasteiger partial charge in [0.25, 0.3) is 5.56 Å². The Morgan fingerprint density at radius 2 is 1.82 bits per heavy atom. The van der Waals surface area contributed by atoms with Crippen molar-refractivity contribution in [3.05, 3.63) is 56.6 Å². The van der Waals surface area contributed by atoms with Crippen LogP contribution in [0.1, 0.15) is 44.1 Å². The molecule has 2 aromatic heterocycles. The highest BCUT2D eigenvalue weighted by molar-refractivity contribution is 7.89. The summed E-state index contributed by atoms with van der Waals surface area (Å²) in [5.41, 5.74) is -0.375. The molecule has 0 amide bonds. The molecule has 34 heavy (non-hydrogen) atoms. The van der Waals surface area contributed by atoms with E-state index in [-0.39, 0.29) is 16.8 Å². The van der Waals surface area contributed by atoms with E-state index in [4.69, 9.17) is 4.52 Å². The predicted molar refractivity (Wildman–Crippen MR) is 126 cm³/mol. The molecule has 3 aromatic rings. The van der Waals surface area contributed by atoms with Gasteiger partial charge in [-0.25, -0.2) is 17.9 Å². The van der Waals surface area contributed by atoms with E-state index in [0.29, 0.717) is 30.1 Å². The minimum absolute atomic E-state index is 0.0111. The molecule has 2 aliphatic rings. The highest BCUT2D eigenvalue weighted by Gasteiger charge is 2.41. The van der Waals surface area contributed by atoms with E-state index in [1.807, 2.05) is 6.92 Å². The Hall–Kier alpha value is -2.76. The monoisotopic (exact) mass is 487 g/mol. The van der Waals surface area contributed by atoms with Crippen LogP contribution in [0, 0.1) is 6.92 Å². The van der Waals surface area contributed by atoms with Gasteiger partial charge >= 0.3 is 5.69 Å². The van der Waals surface area contributed by atoms with Crippen molar-refractivity contribution in [1.82, 2.24) is 23.9 Å². The van der Waals surface area contributed by atoms with Gasteiger partial charge in [-0.2, -0.15) is 0 Å². The van der Waals surface area contributed by atoms with Gasteiger partial charge in [0.05, 0.1) is 28.0 Å². The second kappa shape index (κ2) is 8.47. The van der Waals surface area contributed by atoms with Crippen LogP contribution in [-0.2, 0) is 23.1 Å². The zero-order valence-corrected chi connectivity index (χ0v) is 20.2. The molecule has 1 aliphatic heterocycles. The van der Waals surface area contributed by atoms with Crippen molar-refractivity contribution < 1.29 is 12.9 Å². The molecule has 1 N–H and O–H groups in total. The number of nitrogens with zero attached hydrogens (tertiary/aromatic N) is 4. The molecule has 0 spiro atoms. The lowest BCUT2D eigenvalue weighted by Crippen LogP contribution is -2.42. The first kappa shape index (κ1) is 23.0. The zero-order chi connectivity index (χ0) is 24.1. The molecule has 2 fully saturated rings. The van der Waals surface area contributed by atoms with E-state index in [9.17, 15) is 18.0 Å². The smallest absolute Gasteiger partial charge is 0.331 e. The first-order chi connectivity index (χ1) is 16.2. The van der Waals surface area contributed by atoms with Crippen molar-refractivity contribution in [2.45, 2.75) is 63.1 Å². The molecule has 182 valence electrons. The van der Waals surface area contributed by atoms with Crippen LogP contribution in [0.4, 0.5) is 0 Å². The molecule has 10 nitrogen and oxygen atoms in total. The summed E-state index contributed by atoms with van der Waals surface area (Å²) in [5.74, 6) is 0.384. The van der Waals surface area contributed by atoms with E-state index in [1.54, 1.807) is 23.6 Å². The number of fused-ring (bicyclic) bond motifs is 1. The number of hydrogen-bond donors (Lipinski definition) is 1. The molecule has 0 radical (unpaired) electrons. The highest BCUT2D eigenvalue weighted by atomic mass is 32.2. The van der Waals surface area contributed by atoms with Crippen molar-refractivity contribution in [3.8, 4) is 0 Å². The van der Waals surface area contributed by atoms with Gasteiger partial charge in [0.15, 0.2) is 5.76 Å². The lowest BCUT2D eigenvalue weighted by molar-refractivity contribution is 0.319. The third-order valence-electron chi connectivity index (χ3n) is 6.72. The van der Waals surface area contributed by atoms with Crippen LogP contribution in [0.15, 0.2) is 43.3 Å². The second-order valence-corrected chi connectivity index (χ2v) is 11.3. The van der Waals surface area contributed by atoms with Gasteiger partial charge in [-0.3, -0.25) is 13.9 Å². The normalized spacial score (nSPS) is 18.1. The Bertz CT molecular complexity index is 1460. The summed E-state index contributed by atoms with van der Waals surface area (Å²) >= 11 is 0. The van der Waals surface area contributed by atoms with Crippen molar-refractivity contribution in [2.75, 3.05) is 19.6 Å². The predicted octanol–water partition coefficient (Wildman–Crippen LogP) is 1.43. The molecule has 1 aliphatic carbocycles. The lowest BCUT2D eigenvalue weighted by atomic mass is 10.2. The molecule has 1 saturated heterocycles. The number of rotatable bonds is 8. The maximum Gasteiger partial charge on any atom is 0.331 e. The molecular weight excluding hydrogens is 458 g/mol. The van der Waals surface area contributed by atoms with E-state index >= 15 is 0 Å². The SMILES string of the molecule is Cc1cc(Cn2c(=O)c3cc(S(=O)(=O)NC4(C)CC4)ccc3n(CCN3CCCC3)c2=O)on1. The lowest BCUT2D eigenvalue weighted by Gasteiger charge is -2.19. The highest BCUT2D eigenvalue weighted by Crippen LogP contribution is 2.36. The molecule has 0 unspecified atom stereocenters. The average molecular weight is 488 g/mol. The van der Waals surface area contributed by atoms with Crippen molar-refractivity contribution in [1.29, 1.82) is 0 Å². The molecule has 5 rings (SSSR count). The van der Waals surface area contributed by atoms with Gasteiger partial charge in [-0.1, -0.05) is 5.16 Å². The second-order valence-electron chi connectivity index (χ2n) is 9.65. The van der Waals surface area contributed by atoms with Crippen LogP contribution in [0.2, 0.25) is 0 Å². The Morgan fingerprint density at radius 1 is 1.09 bits per heavy atom. The molecule has 1 saturated carbocycles. The number of nitrogens with one attached hydrogen (secondary N) is 1. The standard InChI is InChI=1S/C23H29N5O5S/c1-16-13-17(33-24-16)15-28-21(29)19-14-18(34(31,32)25-23(2)7-8-23)5-6-20(19)27(22(28)30)12-11-26-9-3-4-10-26/h5-6,13-14,25H,3-4,7-12,15H2,1-2H3. The van der Waals surface area contributed by atoms with Crippen LogP contribution in [0.5, 0.6) is 0 Å². The molecule has 3 heterocycles. The number of benzene rings is 1. The summed E-state index contributed by atoms with van der Waals surface area (Å²) < 4.78 is 36.5. The summed E-state index contributed by atoms with van der Waals surface area (Å²) in [6.07, 6.45) is 3.82. The fourth-order valence-electron chi connectivity index (χ4n) is 4.49. The number of aromatic nitrogens is 3. The van der Waals surface area contributed by atoms with Gasteiger partial charge < -0.3 is 9.42 Å². The average Bonchev–Trinajstić information content (AvgIpc) is 3.17. The first-order valence-corrected chi connectivity index (χ1v) is 13.1. The van der Waals surface area contributed by atoms with Crippen molar-refractivity contribution in [2.24, 2.45) is 0 Å². The van der Waals surface area contributed by atoms with Gasteiger partial charge in [0.1, 0.15) is 0 Å². The largest absolute Gasteiger partial charge is 0.359 e. The van der Waals surface area contributed by atoms with Gasteiger partial charge in [0.2, 0.25) is 10.0 Å². The molecule has 0 bridgehead atoms. The Balaban J connectivity index is 1.61. The molecule has 1 aromatic carbocycles. The number of sulfonamides is 1. The van der Waals surface area contributed by atoms with E-state index in [0.717, 1.165) is 43.3 Å². The van der Waals surface area contributed by atoms with Crippen LogP contribution in [0.25, 0.3) is 10.9 Å². The van der Waals surface area contributed by atoms with Crippen LogP contribution < -0.4 is 16.0 Å². The summed E-state index contributed by atoms with van der Waals surface area (Å²) in [5, 5.41) is 4.02. The maximum absolute atomic E-state index is 13.4. The number of likely N-dealkylation sites (tertiary alicyclic amines) is 1. The molecule has 11 heteroatoms. The third kappa shape index (κ3) is 4.47. The number of hydrogen-bond acceptors (Lipinski definition) is 7. The van der Waals surface area contributed by atoms with Crippen molar-refractivity contribution >= 4 is 20.9 Å². The van der Waals surface area contributed by atoms with Crippen LogP contribution >= 0.6 is 0 Å². The molecular formula is C23H29N5O5S. The fourth-order valence-corrected chi connectivity index (χ4v) is 5.98. The van der Waals surface area contributed by atoms with Gasteiger partial charge in [0, 0.05) is 24.7 Å². The topological polar surface area (TPSA) is 119 Å². The Kier molecular flexibility index (Phi) is 5.73. The summed E-state index contributed by atoms with van der Waals surface area (Å²) in [6.45, 7) is 6.57. The van der Waals surface area contributed by atoms with Crippen LogP contribution in [0.3, 0.4) is 0 Å². The first-order valence-electron chi connectivity index (χ1n) is 11.6. The molecule has 0 atom stereocenters. The van der Waals surface area contributed by atoms with Crippen LogP contribution in [-0.4, -0.2) is 52.8 Å².